The summed E-state index contributed by atoms with van der Waals surface area (Å²) in [4.78, 5) is 31.5. The molecule has 1 heterocycles. The van der Waals surface area contributed by atoms with Crippen molar-refractivity contribution in [2.45, 2.75) is 38.6 Å². The Morgan fingerprint density at radius 3 is 2.36 bits per heavy atom. The minimum absolute atomic E-state index is 0.0120. The summed E-state index contributed by atoms with van der Waals surface area (Å²) in [6.45, 7) is 5.63. The van der Waals surface area contributed by atoms with E-state index >= 15 is 0 Å². The van der Waals surface area contributed by atoms with E-state index < -0.39 is 0 Å². The van der Waals surface area contributed by atoms with Gasteiger partial charge in [0.1, 0.15) is 5.75 Å². The van der Waals surface area contributed by atoms with E-state index in [4.69, 9.17) is 4.74 Å². The van der Waals surface area contributed by atoms with Gasteiger partial charge in [-0.3, -0.25) is 14.5 Å². The highest BCUT2D eigenvalue weighted by atomic mass is 16.5. The van der Waals surface area contributed by atoms with Crippen LogP contribution in [-0.4, -0.2) is 78.9 Å². The molecule has 2 fully saturated rings. The van der Waals surface area contributed by atoms with Crippen molar-refractivity contribution in [1.29, 1.82) is 0 Å². The van der Waals surface area contributed by atoms with Crippen LogP contribution in [0.15, 0.2) is 30.3 Å². The van der Waals surface area contributed by atoms with E-state index in [9.17, 15) is 9.59 Å². The van der Waals surface area contributed by atoms with Gasteiger partial charge < -0.3 is 14.5 Å². The summed E-state index contributed by atoms with van der Waals surface area (Å²) in [5.74, 6) is 1.41. The first kappa shape index (κ1) is 20.6. The van der Waals surface area contributed by atoms with Crippen LogP contribution in [0.3, 0.4) is 0 Å². The minimum Gasteiger partial charge on any atom is -0.484 e. The van der Waals surface area contributed by atoms with Crippen LogP contribution in [0.1, 0.15) is 32.6 Å². The van der Waals surface area contributed by atoms with Crippen LogP contribution in [0.5, 0.6) is 5.75 Å². The van der Waals surface area contributed by atoms with E-state index in [1.807, 2.05) is 54.1 Å². The van der Waals surface area contributed by atoms with E-state index in [0.717, 1.165) is 32.5 Å². The number of amides is 2. The lowest BCUT2D eigenvalue weighted by Crippen LogP contribution is -2.58. The average molecular weight is 388 g/mol. The Balaban J connectivity index is 1.54. The fourth-order valence-electron chi connectivity index (χ4n) is 4.31. The maximum Gasteiger partial charge on any atom is 0.260 e. The van der Waals surface area contributed by atoms with Gasteiger partial charge >= 0.3 is 0 Å². The quantitative estimate of drug-likeness (QED) is 0.720. The number of carbonyl (C=O) groups excluding carboxylic acids is 2. The van der Waals surface area contributed by atoms with Gasteiger partial charge in [-0.05, 0) is 37.8 Å². The lowest BCUT2D eigenvalue weighted by atomic mass is 9.94. The topological polar surface area (TPSA) is 53.1 Å². The predicted molar refractivity (Wildman–Crippen MR) is 109 cm³/mol. The van der Waals surface area contributed by atoms with E-state index in [1.165, 1.54) is 12.8 Å². The summed E-state index contributed by atoms with van der Waals surface area (Å²) < 4.78 is 5.60. The Morgan fingerprint density at radius 2 is 1.75 bits per heavy atom. The number of piperazine rings is 1. The molecule has 0 N–H and O–H groups in total. The molecule has 0 aromatic heterocycles. The van der Waals surface area contributed by atoms with Gasteiger partial charge in [0.05, 0.1) is 6.04 Å². The summed E-state index contributed by atoms with van der Waals surface area (Å²) in [6.07, 6.45) is 4.72. The second kappa shape index (κ2) is 9.92. The van der Waals surface area contributed by atoms with E-state index in [0.29, 0.717) is 24.8 Å². The largest absolute Gasteiger partial charge is 0.484 e. The Morgan fingerprint density at radius 1 is 1.11 bits per heavy atom. The van der Waals surface area contributed by atoms with Crippen molar-refractivity contribution in [3.8, 4) is 5.75 Å². The Bertz CT molecular complexity index is 638. The molecular weight excluding hydrogens is 354 g/mol. The van der Waals surface area contributed by atoms with Crippen molar-refractivity contribution in [2.75, 3.05) is 46.4 Å². The highest BCUT2D eigenvalue weighted by Crippen LogP contribution is 2.31. The lowest BCUT2D eigenvalue weighted by Gasteiger charge is -2.41. The van der Waals surface area contributed by atoms with Gasteiger partial charge in [-0.25, -0.2) is 0 Å². The molecular formula is C22H33N3O3. The molecule has 0 spiro atoms. The van der Waals surface area contributed by atoms with Crippen molar-refractivity contribution in [2.24, 2.45) is 5.92 Å². The first-order chi connectivity index (χ1) is 13.6. The maximum atomic E-state index is 13.0. The van der Waals surface area contributed by atoms with E-state index in [-0.39, 0.29) is 24.5 Å². The van der Waals surface area contributed by atoms with Crippen molar-refractivity contribution < 1.29 is 14.3 Å². The summed E-state index contributed by atoms with van der Waals surface area (Å²) >= 11 is 0. The molecule has 2 amide bonds. The van der Waals surface area contributed by atoms with Crippen LogP contribution in [0.4, 0.5) is 0 Å². The van der Waals surface area contributed by atoms with Crippen LogP contribution in [-0.2, 0) is 9.59 Å². The molecule has 0 bridgehead atoms. The molecule has 6 heteroatoms. The molecule has 1 saturated heterocycles. The van der Waals surface area contributed by atoms with Gasteiger partial charge in [0.2, 0.25) is 5.91 Å². The Hall–Kier alpha value is -2.08. The van der Waals surface area contributed by atoms with Gasteiger partial charge in [0, 0.05) is 39.8 Å². The average Bonchev–Trinajstić information content (AvgIpc) is 3.27. The first-order valence-corrected chi connectivity index (χ1v) is 10.5. The zero-order valence-electron chi connectivity index (χ0n) is 17.2. The molecule has 1 saturated carbocycles. The fourth-order valence-corrected chi connectivity index (χ4v) is 4.31. The van der Waals surface area contributed by atoms with Gasteiger partial charge in [0.15, 0.2) is 6.61 Å². The first-order valence-electron chi connectivity index (χ1n) is 10.5. The molecule has 1 atom stereocenters. The van der Waals surface area contributed by atoms with Crippen LogP contribution < -0.4 is 4.74 Å². The van der Waals surface area contributed by atoms with E-state index in [2.05, 4.69) is 4.90 Å². The monoisotopic (exact) mass is 387 g/mol. The van der Waals surface area contributed by atoms with Crippen LogP contribution in [0, 0.1) is 5.92 Å². The number of rotatable bonds is 7. The summed E-state index contributed by atoms with van der Waals surface area (Å²) in [5.41, 5.74) is 0. The van der Waals surface area contributed by atoms with Gasteiger partial charge in [-0.15, -0.1) is 0 Å². The number of ether oxygens (including phenoxy) is 1. The number of carbonyl (C=O) groups is 2. The molecule has 1 unspecified atom stereocenters. The highest BCUT2D eigenvalue weighted by Gasteiger charge is 2.38. The number of likely N-dealkylation sites (N-methyl/N-ethyl adjacent to an activating group) is 1. The van der Waals surface area contributed by atoms with Crippen molar-refractivity contribution in [1.82, 2.24) is 14.7 Å². The third kappa shape index (κ3) is 5.04. The van der Waals surface area contributed by atoms with Gasteiger partial charge in [-0.2, -0.15) is 0 Å². The molecule has 154 valence electrons. The molecule has 28 heavy (non-hydrogen) atoms. The third-order valence-corrected chi connectivity index (χ3v) is 6.12. The zero-order chi connectivity index (χ0) is 19.9. The highest BCUT2D eigenvalue weighted by molar-refractivity contribution is 5.82. The standard InChI is InChI=1S/C22H33N3O3/c1-3-23(2)22(27)21(18-9-7-8-10-18)25-15-13-24(14-16-25)20(26)17-28-19-11-5-4-6-12-19/h4-6,11-12,18,21H,3,7-10,13-17H2,1-2H3. The maximum absolute atomic E-state index is 13.0. The molecule has 3 rings (SSSR count). The molecule has 1 aliphatic heterocycles. The molecule has 1 aromatic carbocycles. The summed E-state index contributed by atoms with van der Waals surface area (Å²) in [6, 6.07) is 9.38. The molecule has 2 aliphatic rings. The molecule has 1 aromatic rings. The van der Waals surface area contributed by atoms with Crippen molar-refractivity contribution in [3.05, 3.63) is 30.3 Å². The second-order valence-electron chi connectivity index (χ2n) is 7.86. The number of benzene rings is 1. The van der Waals surface area contributed by atoms with Crippen LogP contribution >= 0.6 is 0 Å². The summed E-state index contributed by atoms with van der Waals surface area (Å²) in [5, 5.41) is 0. The molecule has 1 aliphatic carbocycles. The van der Waals surface area contributed by atoms with Crippen LogP contribution in [0.25, 0.3) is 0 Å². The number of nitrogens with zero attached hydrogens (tertiary/aromatic N) is 3. The van der Waals surface area contributed by atoms with Crippen molar-refractivity contribution in [3.63, 3.8) is 0 Å². The SMILES string of the molecule is CCN(C)C(=O)C(C1CCCC1)N1CCN(C(=O)COc2ccccc2)CC1. The van der Waals surface area contributed by atoms with Crippen molar-refractivity contribution >= 4 is 11.8 Å². The van der Waals surface area contributed by atoms with Crippen LogP contribution in [0.2, 0.25) is 0 Å². The third-order valence-electron chi connectivity index (χ3n) is 6.12. The normalized spacial score (nSPS) is 19.4. The lowest BCUT2D eigenvalue weighted by molar-refractivity contribution is -0.141. The van der Waals surface area contributed by atoms with Gasteiger partial charge in [0.25, 0.3) is 5.91 Å². The minimum atomic E-state index is -0.0368. The smallest absolute Gasteiger partial charge is 0.260 e. The molecule has 0 radical (unpaired) electrons. The second-order valence-corrected chi connectivity index (χ2v) is 7.86. The summed E-state index contributed by atoms with van der Waals surface area (Å²) in [7, 11) is 1.89. The fraction of sp³-hybridized carbons (Fsp3) is 0.636. The van der Waals surface area contributed by atoms with E-state index in [1.54, 1.807) is 0 Å². The number of para-hydroxylation sites is 1. The van der Waals surface area contributed by atoms with Gasteiger partial charge in [-0.1, -0.05) is 31.0 Å². The zero-order valence-corrected chi connectivity index (χ0v) is 17.2. The number of hydrogen-bond donors (Lipinski definition) is 0. The molecule has 6 nitrogen and oxygen atoms in total. The Labute approximate surface area is 168 Å². The Kier molecular flexibility index (Phi) is 7.31. The predicted octanol–water partition coefficient (Wildman–Crippen LogP) is 2.25. The number of hydrogen-bond acceptors (Lipinski definition) is 4.